The Hall–Kier alpha value is -1.78. The van der Waals surface area contributed by atoms with Gasteiger partial charge >= 0.3 is 0 Å². The van der Waals surface area contributed by atoms with Gasteiger partial charge in [-0.1, -0.05) is 44.2 Å². The standard InChI is InChI=1S/C16H21ClN4.C2H6/c1-5-21-14(10-20(3)4)15(11(2)18)16(19-21)12-7-6-8-13(17)9-12;1-2/h6-9H,2,5,10,18H2,1,3-4H3;1-2H3. The molecule has 0 atom stereocenters. The summed E-state index contributed by atoms with van der Waals surface area (Å²) in [7, 11) is 4.05. The average molecular weight is 335 g/mol. The molecule has 0 unspecified atom stereocenters. The lowest BCUT2D eigenvalue weighted by atomic mass is 10.0. The number of halogens is 1. The second-order valence-electron chi connectivity index (χ2n) is 5.26. The molecule has 126 valence electrons. The van der Waals surface area contributed by atoms with Crippen molar-refractivity contribution in [2.75, 3.05) is 14.1 Å². The first-order chi connectivity index (χ1) is 10.9. The van der Waals surface area contributed by atoms with Crippen molar-refractivity contribution in [1.29, 1.82) is 0 Å². The summed E-state index contributed by atoms with van der Waals surface area (Å²) >= 11 is 6.09. The van der Waals surface area contributed by atoms with Crippen LogP contribution in [-0.4, -0.2) is 28.8 Å². The Morgan fingerprint density at radius 3 is 2.48 bits per heavy atom. The molecule has 0 bridgehead atoms. The van der Waals surface area contributed by atoms with Gasteiger partial charge in [0.1, 0.15) is 5.69 Å². The number of hydrogen-bond donors (Lipinski definition) is 1. The summed E-state index contributed by atoms with van der Waals surface area (Å²) in [5.41, 5.74) is 10.3. The van der Waals surface area contributed by atoms with Crippen LogP contribution in [0.4, 0.5) is 0 Å². The van der Waals surface area contributed by atoms with Crippen molar-refractivity contribution in [3.05, 3.63) is 47.1 Å². The first-order valence-corrected chi connectivity index (χ1v) is 8.27. The monoisotopic (exact) mass is 334 g/mol. The largest absolute Gasteiger partial charge is 0.399 e. The molecule has 1 aromatic carbocycles. The van der Waals surface area contributed by atoms with Crippen molar-refractivity contribution in [2.45, 2.75) is 33.9 Å². The number of hydrogen-bond acceptors (Lipinski definition) is 3. The van der Waals surface area contributed by atoms with E-state index in [1.165, 1.54) is 0 Å². The third kappa shape index (κ3) is 4.60. The predicted octanol–water partition coefficient (Wildman–Crippen LogP) is 4.24. The van der Waals surface area contributed by atoms with Gasteiger partial charge in [-0.15, -0.1) is 0 Å². The molecule has 2 rings (SSSR count). The lowest BCUT2D eigenvalue weighted by Gasteiger charge is -2.13. The van der Waals surface area contributed by atoms with E-state index in [-0.39, 0.29) is 0 Å². The van der Waals surface area contributed by atoms with E-state index in [1.807, 2.05) is 56.9 Å². The van der Waals surface area contributed by atoms with Crippen molar-refractivity contribution < 1.29 is 0 Å². The maximum Gasteiger partial charge on any atom is 0.102 e. The fourth-order valence-corrected chi connectivity index (χ4v) is 2.58. The molecule has 1 aromatic heterocycles. The number of aryl methyl sites for hydroxylation is 1. The Labute approximate surface area is 144 Å². The van der Waals surface area contributed by atoms with Crippen LogP contribution in [0.2, 0.25) is 5.02 Å². The second kappa shape index (κ2) is 8.75. The summed E-state index contributed by atoms with van der Waals surface area (Å²) < 4.78 is 1.98. The number of nitrogens with two attached hydrogens (primary N) is 1. The Bertz CT molecular complexity index is 659. The second-order valence-corrected chi connectivity index (χ2v) is 5.70. The molecule has 4 nitrogen and oxygen atoms in total. The van der Waals surface area contributed by atoms with Crippen LogP contribution in [-0.2, 0) is 13.1 Å². The van der Waals surface area contributed by atoms with Crippen LogP contribution in [0.3, 0.4) is 0 Å². The minimum absolute atomic E-state index is 0.529. The fraction of sp³-hybridized carbons (Fsp3) is 0.389. The Morgan fingerprint density at radius 2 is 2.00 bits per heavy atom. The molecule has 2 N–H and O–H groups in total. The van der Waals surface area contributed by atoms with Crippen molar-refractivity contribution >= 4 is 17.3 Å². The molecular weight excluding hydrogens is 308 g/mol. The molecule has 5 heteroatoms. The minimum atomic E-state index is 0.529. The van der Waals surface area contributed by atoms with E-state index < -0.39 is 0 Å². The zero-order valence-electron chi connectivity index (χ0n) is 14.7. The first kappa shape index (κ1) is 19.3. The molecule has 0 spiro atoms. The van der Waals surface area contributed by atoms with E-state index in [0.717, 1.165) is 35.6 Å². The molecule has 1 heterocycles. The van der Waals surface area contributed by atoms with Crippen LogP contribution in [0, 0.1) is 0 Å². The fourth-order valence-electron chi connectivity index (χ4n) is 2.39. The summed E-state index contributed by atoms with van der Waals surface area (Å²) in [4.78, 5) is 2.09. The van der Waals surface area contributed by atoms with E-state index in [1.54, 1.807) is 0 Å². The molecule has 23 heavy (non-hydrogen) atoms. The smallest absolute Gasteiger partial charge is 0.102 e. The first-order valence-electron chi connectivity index (χ1n) is 7.89. The predicted molar refractivity (Wildman–Crippen MR) is 100 cm³/mol. The zero-order chi connectivity index (χ0) is 17.6. The maximum atomic E-state index is 6.09. The summed E-state index contributed by atoms with van der Waals surface area (Å²) in [5.74, 6) is 0. The van der Waals surface area contributed by atoms with Gasteiger partial charge in [0.2, 0.25) is 0 Å². The molecule has 0 saturated heterocycles. The van der Waals surface area contributed by atoms with Crippen molar-refractivity contribution in [2.24, 2.45) is 5.73 Å². The van der Waals surface area contributed by atoms with Crippen LogP contribution in [0.15, 0.2) is 30.8 Å². The van der Waals surface area contributed by atoms with Crippen molar-refractivity contribution in [1.82, 2.24) is 14.7 Å². The van der Waals surface area contributed by atoms with Gasteiger partial charge in [-0.05, 0) is 33.2 Å². The Balaban J connectivity index is 0.00000127. The number of rotatable bonds is 5. The molecule has 0 aliphatic carbocycles. The van der Waals surface area contributed by atoms with Crippen molar-refractivity contribution in [3.63, 3.8) is 0 Å². The topological polar surface area (TPSA) is 47.1 Å². The lowest BCUT2D eigenvalue weighted by molar-refractivity contribution is 0.383. The third-order valence-electron chi connectivity index (χ3n) is 3.24. The number of aromatic nitrogens is 2. The molecule has 0 aliphatic heterocycles. The van der Waals surface area contributed by atoms with Crippen LogP contribution in [0.1, 0.15) is 32.0 Å². The molecule has 0 amide bonds. The van der Waals surface area contributed by atoms with Gasteiger partial charge in [-0.3, -0.25) is 4.68 Å². The number of nitrogens with zero attached hydrogens (tertiary/aromatic N) is 3. The van der Waals surface area contributed by atoms with Crippen molar-refractivity contribution in [3.8, 4) is 11.3 Å². The highest BCUT2D eigenvalue weighted by Crippen LogP contribution is 2.30. The SMILES string of the molecule is C=C(N)c1c(-c2cccc(Cl)c2)nn(CC)c1CN(C)C.CC. The molecular formula is C18H27ClN4. The number of benzene rings is 1. The zero-order valence-corrected chi connectivity index (χ0v) is 15.5. The van der Waals surface area contributed by atoms with E-state index in [2.05, 4.69) is 18.4 Å². The van der Waals surface area contributed by atoms with Gasteiger partial charge in [0.15, 0.2) is 0 Å². The summed E-state index contributed by atoms with van der Waals surface area (Å²) in [6, 6.07) is 7.65. The van der Waals surface area contributed by atoms with Gasteiger partial charge < -0.3 is 10.6 Å². The van der Waals surface area contributed by atoms with Gasteiger partial charge in [0.25, 0.3) is 0 Å². The average Bonchev–Trinajstić information content (AvgIpc) is 2.87. The molecule has 0 aliphatic rings. The molecule has 2 aromatic rings. The van der Waals surface area contributed by atoms with Gasteiger partial charge in [0, 0.05) is 34.9 Å². The normalized spacial score (nSPS) is 10.4. The third-order valence-corrected chi connectivity index (χ3v) is 3.48. The van der Waals surface area contributed by atoms with Crippen LogP contribution in [0.25, 0.3) is 17.0 Å². The Kier molecular flexibility index (Phi) is 7.33. The quantitative estimate of drug-likeness (QED) is 0.889. The van der Waals surface area contributed by atoms with Crippen LogP contribution < -0.4 is 5.73 Å². The molecule has 0 radical (unpaired) electrons. The minimum Gasteiger partial charge on any atom is -0.399 e. The highest BCUT2D eigenvalue weighted by molar-refractivity contribution is 6.30. The van der Waals surface area contributed by atoms with Gasteiger partial charge in [-0.25, -0.2) is 0 Å². The molecule has 0 saturated carbocycles. The van der Waals surface area contributed by atoms with Gasteiger partial charge in [0.05, 0.1) is 5.69 Å². The van der Waals surface area contributed by atoms with E-state index in [9.17, 15) is 0 Å². The summed E-state index contributed by atoms with van der Waals surface area (Å²) in [6.45, 7) is 11.5. The van der Waals surface area contributed by atoms with E-state index in [0.29, 0.717) is 10.7 Å². The Morgan fingerprint density at radius 1 is 1.35 bits per heavy atom. The highest BCUT2D eigenvalue weighted by Gasteiger charge is 2.20. The van der Waals surface area contributed by atoms with E-state index >= 15 is 0 Å². The van der Waals surface area contributed by atoms with Gasteiger partial charge in [-0.2, -0.15) is 5.10 Å². The molecule has 0 fully saturated rings. The lowest BCUT2D eigenvalue weighted by Crippen LogP contribution is -2.16. The van der Waals surface area contributed by atoms with Crippen LogP contribution in [0.5, 0.6) is 0 Å². The highest BCUT2D eigenvalue weighted by atomic mass is 35.5. The summed E-state index contributed by atoms with van der Waals surface area (Å²) in [6.07, 6.45) is 0. The van der Waals surface area contributed by atoms with E-state index in [4.69, 9.17) is 22.4 Å². The van der Waals surface area contributed by atoms with Crippen LogP contribution >= 0.6 is 11.6 Å². The maximum absolute atomic E-state index is 6.09. The summed E-state index contributed by atoms with van der Waals surface area (Å²) in [5, 5.41) is 5.39.